The summed E-state index contributed by atoms with van der Waals surface area (Å²) < 4.78 is 0.750. The Hall–Kier alpha value is -0.750. The summed E-state index contributed by atoms with van der Waals surface area (Å²) in [7, 11) is 0. The first-order valence-corrected chi connectivity index (χ1v) is 7.10. The number of thioether (sulfide) groups is 1. The minimum absolute atomic E-state index is 0.0426. The van der Waals surface area contributed by atoms with Crippen LogP contribution in [0.5, 0.6) is 0 Å². The molecule has 0 aliphatic heterocycles. The van der Waals surface area contributed by atoms with E-state index in [1.54, 1.807) is 23.9 Å². The number of halogens is 1. The first-order chi connectivity index (χ1) is 7.85. The highest BCUT2D eigenvalue weighted by Gasteiger charge is 2.19. The zero-order valence-corrected chi connectivity index (χ0v) is 12.4. The first-order valence-electron chi connectivity index (χ1n) is 5.09. The minimum Gasteiger partial charge on any atom is -0.378 e. The van der Waals surface area contributed by atoms with E-state index < -0.39 is 0 Å². The maximum Gasteiger partial charge on any atom is 0.293 e. The first kappa shape index (κ1) is 14.3. The van der Waals surface area contributed by atoms with Crippen molar-refractivity contribution >= 4 is 39.1 Å². The predicted molar refractivity (Wildman–Crippen MR) is 76.9 cm³/mol. The van der Waals surface area contributed by atoms with E-state index in [-0.39, 0.29) is 15.4 Å². The SMILES string of the molecule is CSC(C)(C)CNc1ccc(Br)cc1[N+](=O)[O-]. The van der Waals surface area contributed by atoms with E-state index >= 15 is 0 Å². The van der Waals surface area contributed by atoms with Crippen LogP contribution in [0.2, 0.25) is 0 Å². The Morgan fingerprint density at radius 1 is 1.53 bits per heavy atom. The van der Waals surface area contributed by atoms with Crippen LogP contribution in [0.15, 0.2) is 22.7 Å². The van der Waals surface area contributed by atoms with E-state index in [0.29, 0.717) is 16.7 Å². The van der Waals surface area contributed by atoms with Gasteiger partial charge in [0.15, 0.2) is 0 Å². The van der Waals surface area contributed by atoms with Crippen molar-refractivity contribution in [3.05, 3.63) is 32.8 Å². The van der Waals surface area contributed by atoms with Gasteiger partial charge in [-0.2, -0.15) is 11.8 Å². The van der Waals surface area contributed by atoms with Crippen molar-refractivity contribution in [2.24, 2.45) is 0 Å². The molecule has 0 aromatic heterocycles. The Bertz CT molecular complexity index is 424. The maximum atomic E-state index is 10.9. The number of hydrogen-bond donors (Lipinski definition) is 1. The van der Waals surface area contributed by atoms with Crippen LogP contribution in [0.3, 0.4) is 0 Å². The normalized spacial score (nSPS) is 11.3. The highest BCUT2D eigenvalue weighted by Crippen LogP contribution is 2.29. The highest BCUT2D eigenvalue weighted by molar-refractivity contribution is 9.10. The second-order valence-corrected chi connectivity index (χ2v) is 6.67. The number of hydrogen-bond acceptors (Lipinski definition) is 4. The molecule has 4 nitrogen and oxygen atoms in total. The zero-order chi connectivity index (χ0) is 13.1. The fraction of sp³-hybridized carbons (Fsp3) is 0.455. The van der Waals surface area contributed by atoms with Gasteiger partial charge in [0.25, 0.3) is 5.69 Å². The summed E-state index contributed by atoms with van der Waals surface area (Å²) in [5, 5.41) is 14.0. The lowest BCUT2D eigenvalue weighted by Crippen LogP contribution is -2.26. The summed E-state index contributed by atoms with van der Waals surface area (Å²) in [5.74, 6) is 0. The van der Waals surface area contributed by atoms with Gasteiger partial charge in [-0.05, 0) is 32.2 Å². The molecule has 0 bridgehead atoms. The third-order valence-electron chi connectivity index (χ3n) is 2.41. The topological polar surface area (TPSA) is 55.2 Å². The van der Waals surface area contributed by atoms with E-state index in [4.69, 9.17) is 0 Å². The molecule has 0 aliphatic carbocycles. The van der Waals surface area contributed by atoms with Crippen molar-refractivity contribution in [2.45, 2.75) is 18.6 Å². The molecule has 0 saturated carbocycles. The highest BCUT2D eigenvalue weighted by atomic mass is 79.9. The molecule has 0 aliphatic rings. The number of anilines is 1. The monoisotopic (exact) mass is 318 g/mol. The molecular formula is C11H15BrN2O2S. The minimum atomic E-state index is -0.376. The van der Waals surface area contributed by atoms with Gasteiger partial charge < -0.3 is 5.32 Å². The van der Waals surface area contributed by atoms with Crippen LogP contribution in [0.25, 0.3) is 0 Å². The van der Waals surface area contributed by atoms with E-state index in [9.17, 15) is 10.1 Å². The smallest absolute Gasteiger partial charge is 0.293 e. The van der Waals surface area contributed by atoms with Crippen LogP contribution in [-0.4, -0.2) is 22.5 Å². The molecule has 17 heavy (non-hydrogen) atoms. The molecule has 0 heterocycles. The van der Waals surface area contributed by atoms with E-state index in [1.807, 2.05) is 6.26 Å². The molecule has 0 atom stereocenters. The predicted octanol–water partition coefficient (Wildman–Crippen LogP) is 3.91. The fourth-order valence-electron chi connectivity index (χ4n) is 1.19. The van der Waals surface area contributed by atoms with Crippen LogP contribution in [0.1, 0.15) is 13.8 Å². The van der Waals surface area contributed by atoms with E-state index in [0.717, 1.165) is 0 Å². The number of benzene rings is 1. The van der Waals surface area contributed by atoms with Gasteiger partial charge in [-0.3, -0.25) is 10.1 Å². The summed E-state index contributed by atoms with van der Waals surface area (Å²) in [4.78, 5) is 10.5. The lowest BCUT2D eigenvalue weighted by Gasteiger charge is -2.22. The van der Waals surface area contributed by atoms with Crippen LogP contribution in [0, 0.1) is 10.1 Å². The molecule has 0 spiro atoms. The fourth-order valence-corrected chi connectivity index (χ4v) is 1.75. The quantitative estimate of drug-likeness (QED) is 0.660. The van der Waals surface area contributed by atoms with Gasteiger partial charge >= 0.3 is 0 Å². The number of nitro benzene ring substituents is 1. The van der Waals surface area contributed by atoms with Gasteiger partial charge in [0, 0.05) is 21.8 Å². The molecule has 1 N–H and O–H groups in total. The lowest BCUT2D eigenvalue weighted by molar-refractivity contribution is -0.384. The standard InChI is InChI=1S/C11H15BrN2O2S/c1-11(2,17-3)7-13-9-5-4-8(12)6-10(9)14(15)16/h4-6,13H,7H2,1-3H3. The second kappa shape index (κ2) is 5.73. The Kier molecular flexibility index (Phi) is 4.82. The molecule has 0 unspecified atom stereocenters. The molecule has 0 fully saturated rings. The van der Waals surface area contributed by atoms with Crippen molar-refractivity contribution in [3.8, 4) is 0 Å². The van der Waals surface area contributed by atoms with Crippen molar-refractivity contribution in [2.75, 3.05) is 18.1 Å². The van der Waals surface area contributed by atoms with E-state index in [1.165, 1.54) is 6.07 Å². The molecule has 0 saturated heterocycles. The summed E-state index contributed by atoms with van der Waals surface area (Å²) in [5.41, 5.74) is 0.650. The van der Waals surface area contributed by atoms with Gasteiger partial charge in [0.2, 0.25) is 0 Å². The number of nitrogens with one attached hydrogen (secondary N) is 1. The van der Waals surface area contributed by atoms with Crippen molar-refractivity contribution in [1.29, 1.82) is 0 Å². The van der Waals surface area contributed by atoms with Crippen LogP contribution in [-0.2, 0) is 0 Å². The summed E-state index contributed by atoms with van der Waals surface area (Å²) in [6.45, 7) is 4.86. The Labute approximate surface area is 113 Å². The van der Waals surface area contributed by atoms with Gasteiger partial charge in [-0.25, -0.2) is 0 Å². The molecular weight excluding hydrogens is 304 g/mol. The number of rotatable bonds is 5. The van der Waals surface area contributed by atoms with Crippen molar-refractivity contribution in [1.82, 2.24) is 0 Å². The second-order valence-electron chi connectivity index (χ2n) is 4.24. The molecule has 0 radical (unpaired) electrons. The van der Waals surface area contributed by atoms with Crippen LogP contribution < -0.4 is 5.32 Å². The van der Waals surface area contributed by atoms with Gasteiger partial charge in [-0.15, -0.1) is 0 Å². The Morgan fingerprint density at radius 2 is 2.18 bits per heavy atom. The largest absolute Gasteiger partial charge is 0.378 e. The molecule has 6 heteroatoms. The molecule has 94 valence electrons. The van der Waals surface area contributed by atoms with Crippen molar-refractivity contribution < 1.29 is 4.92 Å². The molecule has 1 aromatic rings. The third-order valence-corrected chi connectivity index (χ3v) is 4.16. The number of nitro groups is 1. The Balaban J connectivity index is 2.88. The molecule has 1 rings (SSSR count). The molecule has 1 aromatic carbocycles. The van der Waals surface area contributed by atoms with Gasteiger partial charge in [-0.1, -0.05) is 15.9 Å². The summed E-state index contributed by atoms with van der Waals surface area (Å²) in [6.07, 6.45) is 2.03. The lowest BCUT2D eigenvalue weighted by atomic mass is 10.2. The zero-order valence-electron chi connectivity index (χ0n) is 9.99. The number of nitrogens with zero attached hydrogens (tertiary/aromatic N) is 1. The average Bonchev–Trinajstić information content (AvgIpc) is 2.27. The van der Waals surface area contributed by atoms with Crippen molar-refractivity contribution in [3.63, 3.8) is 0 Å². The van der Waals surface area contributed by atoms with Gasteiger partial charge in [0.05, 0.1) is 4.92 Å². The summed E-state index contributed by atoms with van der Waals surface area (Å²) >= 11 is 4.95. The maximum absolute atomic E-state index is 10.9. The van der Waals surface area contributed by atoms with Gasteiger partial charge in [0.1, 0.15) is 5.69 Å². The average molecular weight is 319 g/mol. The Morgan fingerprint density at radius 3 is 2.71 bits per heavy atom. The van der Waals surface area contributed by atoms with Crippen LogP contribution >= 0.6 is 27.7 Å². The summed E-state index contributed by atoms with van der Waals surface area (Å²) in [6, 6.07) is 5.02. The van der Waals surface area contributed by atoms with E-state index in [2.05, 4.69) is 35.1 Å². The molecule has 0 amide bonds. The van der Waals surface area contributed by atoms with Crippen LogP contribution in [0.4, 0.5) is 11.4 Å². The third kappa shape index (κ3) is 4.20.